The van der Waals surface area contributed by atoms with E-state index in [0.29, 0.717) is 28.9 Å². The van der Waals surface area contributed by atoms with Gasteiger partial charge < -0.3 is 34.3 Å². The standard InChI is InChI=1S/C36H39N5O4/c1-39-34-27(13-25(16-32(34)45-3)36(43)41-18-24-8-10-28(41)33(24)37)38-35(39)30-15-23-7-6-22(14-29(23)40(30)17-20-4-5-20)21-9-11-31(44-2)26(12-21)19-42/h6-7,9,11-16,20,24,28,33,42H,4-5,8,10,17-19,37H2,1-3H3/t24?,28?,33-/m1/s1. The quantitative estimate of drug-likeness (QED) is 0.247. The van der Waals surface area contributed by atoms with Gasteiger partial charge in [0.1, 0.15) is 17.0 Å². The summed E-state index contributed by atoms with van der Waals surface area (Å²) < 4.78 is 15.8. The minimum Gasteiger partial charge on any atom is -0.496 e. The molecule has 3 fully saturated rings. The Hall–Kier alpha value is -4.34. The average molecular weight is 606 g/mol. The lowest BCUT2D eigenvalue weighted by Crippen LogP contribution is -2.41. The maximum Gasteiger partial charge on any atom is 0.254 e. The van der Waals surface area contributed by atoms with Gasteiger partial charge >= 0.3 is 0 Å². The van der Waals surface area contributed by atoms with E-state index in [-0.39, 0.29) is 24.6 Å². The fourth-order valence-electron chi connectivity index (χ4n) is 7.72. The molecule has 3 atom stereocenters. The molecule has 45 heavy (non-hydrogen) atoms. The number of aliphatic hydroxyl groups is 1. The molecule has 9 nitrogen and oxygen atoms in total. The molecule has 3 N–H and O–H groups in total. The third-order valence-electron chi connectivity index (χ3n) is 10.4. The lowest BCUT2D eigenvalue weighted by molar-refractivity contribution is 0.0700. The van der Waals surface area contributed by atoms with Crippen molar-refractivity contribution in [2.24, 2.45) is 24.6 Å². The van der Waals surface area contributed by atoms with Crippen molar-refractivity contribution in [2.45, 2.75) is 50.9 Å². The number of methoxy groups -OCH3 is 2. The molecule has 9 heteroatoms. The number of aliphatic hydroxyl groups excluding tert-OH is 1. The molecule has 1 aliphatic heterocycles. The number of benzene rings is 3. The van der Waals surface area contributed by atoms with Gasteiger partial charge in [0.25, 0.3) is 5.91 Å². The molecule has 2 unspecified atom stereocenters. The summed E-state index contributed by atoms with van der Waals surface area (Å²) in [7, 11) is 5.29. The topological polar surface area (TPSA) is 108 Å². The Morgan fingerprint density at radius 1 is 0.978 bits per heavy atom. The molecule has 5 aromatic rings. The number of aryl methyl sites for hydroxylation is 1. The molecule has 2 saturated carbocycles. The maximum atomic E-state index is 13.7. The van der Waals surface area contributed by atoms with Crippen LogP contribution in [0.4, 0.5) is 0 Å². The predicted molar refractivity (Wildman–Crippen MR) is 174 cm³/mol. The second-order valence-electron chi connectivity index (χ2n) is 13.0. The number of nitrogens with two attached hydrogens (primary N) is 1. The normalized spacial score (nSPS) is 20.9. The van der Waals surface area contributed by atoms with Crippen LogP contribution in [0.5, 0.6) is 11.5 Å². The van der Waals surface area contributed by atoms with E-state index in [0.717, 1.165) is 76.1 Å². The molecule has 3 heterocycles. The van der Waals surface area contributed by atoms with Crippen molar-refractivity contribution in [3.05, 3.63) is 65.7 Å². The average Bonchev–Trinajstić information content (AvgIpc) is 3.47. The van der Waals surface area contributed by atoms with Crippen LogP contribution >= 0.6 is 0 Å². The second kappa shape index (κ2) is 10.6. The second-order valence-corrected chi connectivity index (χ2v) is 13.0. The highest BCUT2D eigenvalue weighted by molar-refractivity contribution is 6.00. The first-order valence-electron chi connectivity index (χ1n) is 15.9. The van der Waals surface area contributed by atoms with Crippen LogP contribution in [0.25, 0.3) is 44.6 Å². The number of ether oxygens (including phenoxy) is 2. The summed E-state index contributed by atoms with van der Waals surface area (Å²) >= 11 is 0. The number of amides is 1. The summed E-state index contributed by atoms with van der Waals surface area (Å²) in [6.07, 6.45) is 4.52. The number of carbonyl (C=O) groups is 1. The lowest BCUT2D eigenvalue weighted by atomic mass is 10.0. The summed E-state index contributed by atoms with van der Waals surface area (Å²) in [5.41, 5.74) is 13.7. The Kier molecular flexibility index (Phi) is 6.65. The van der Waals surface area contributed by atoms with Crippen molar-refractivity contribution in [1.29, 1.82) is 0 Å². The Morgan fingerprint density at radius 2 is 1.76 bits per heavy atom. The number of carbonyl (C=O) groups excluding carboxylic acids is 1. The predicted octanol–water partition coefficient (Wildman–Crippen LogP) is 5.34. The van der Waals surface area contributed by atoms with Gasteiger partial charge in [0.2, 0.25) is 0 Å². The molecule has 2 aromatic heterocycles. The fourth-order valence-corrected chi connectivity index (χ4v) is 7.72. The van der Waals surface area contributed by atoms with Gasteiger partial charge in [0.05, 0.1) is 32.0 Å². The van der Waals surface area contributed by atoms with Gasteiger partial charge in [-0.25, -0.2) is 4.98 Å². The molecule has 2 aliphatic carbocycles. The van der Waals surface area contributed by atoms with Crippen LogP contribution in [-0.2, 0) is 20.2 Å². The molecule has 1 amide bonds. The van der Waals surface area contributed by atoms with E-state index in [1.165, 1.54) is 12.8 Å². The van der Waals surface area contributed by atoms with E-state index < -0.39 is 0 Å². The van der Waals surface area contributed by atoms with Crippen LogP contribution < -0.4 is 15.2 Å². The third kappa shape index (κ3) is 4.51. The zero-order valence-electron chi connectivity index (χ0n) is 26.0. The van der Waals surface area contributed by atoms with Crippen LogP contribution in [0.3, 0.4) is 0 Å². The molecule has 3 aliphatic rings. The minimum atomic E-state index is -0.0857. The number of rotatable bonds is 8. The van der Waals surface area contributed by atoms with E-state index in [2.05, 4.69) is 33.4 Å². The highest BCUT2D eigenvalue weighted by Gasteiger charge is 2.47. The Morgan fingerprint density at radius 3 is 2.44 bits per heavy atom. The first kappa shape index (κ1) is 28.2. The van der Waals surface area contributed by atoms with Crippen molar-refractivity contribution in [2.75, 3.05) is 20.8 Å². The molecule has 1 saturated heterocycles. The monoisotopic (exact) mass is 605 g/mol. The number of piperidine rings is 1. The van der Waals surface area contributed by atoms with Crippen molar-refractivity contribution < 1.29 is 19.4 Å². The van der Waals surface area contributed by atoms with Crippen LogP contribution in [0.1, 0.15) is 41.6 Å². The molecular weight excluding hydrogens is 566 g/mol. The maximum absolute atomic E-state index is 13.7. The third-order valence-corrected chi connectivity index (χ3v) is 10.4. The van der Waals surface area contributed by atoms with Gasteiger partial charge in [-0.05, 0) is 85.0 Å². The summed E-state index contributed by atoms with van der Waals surface area (Å²) in [6, 6.07) is 18.6. The van der Waals surface area contributed by atoms with Gasteiger partial charge in [-0.2, -0.15) is 0 Å². The SMILES string of the molecule is COc1ccc(-c2ccc3cc(-c4nc5cc(C(=O)N6CC7CCC6[C@@H]7N)cc(OC)c5n4C)n(CC4CC4)c3c2)cc1CO. The smallest absolute Gasteiger partial charge is 0.254 e. The first-order valence-corrected chi connectivity index (χ1v) is 15.9. The Bertz CT molecular complexity index is 1970. The van der Waals surface area contributed by atoms with E-state index in [4.69, 9.17) is 20.2 Å². The molecule has 8 rings (SSSR count). The Balaban J connectivity index is 1.23. The molecule has 0 radical (unpaired) electrons. The van der Waals surface area contributed by atoms with E-state index in [1.807, 2.05) is 42.3 Å². The fraction of sp³-hybridized carbons (Fsp3) is 0.389. The summed E-state index contributed by atoms with van der Waals surface area (Å²) in [5.74, 6) is 3.18. The zero-order chi connectivity index (χ0) is 31.0. The van der Waals surface area contributed by atoms with Crippen LogP contribution in [0, 0.1) is 11.8 Å². The van der Waals surface area contributed by atoms with Crippen molar-refractivity contribution in [1.82, 2.24) is 19.0 Å². The molecule has 0 spiro atoms. The van der Waals surface area contributed by atoms with Gasteiger partial charge in [-0.15, -0.1) is 0 Å². The molecular formula is C36H39N5O4. The number of hydrogen-bond acceptors (Lipinski definition) is 6. The van der Waals surface area contributed by atoms with Gasteiger partial charge in [0.15, 0.2) is 5.82 Å². The largest absolute Gasteiger partial charge is 0.496 e. The van der Waals surface area contributed by atoms with Crippen LogP contribution in [0.2, 0.25) is 0 Å². The van der Waals surface area contributed by atoms with Crippen LogP contribution in [0.15, 0.2) is 54.6 Å². The van der Waals surface area contributed by atoms with E-state index in [9.17, 15) is 9.90 Å². The summed E-state index contributed by atoms with van der Waals surface area (Å²) in [6.45, 7) is 1.55. The van der Waals surface area contributed by atoms with Gasteiger partial charge in [0, 0.05) is 54.3 Å². The summed E-state index contributed by atoms with van der Waals surface area (Å²) in [4.78, 5) is 20.8. The number of fused-ring (bicyclic) bond motifs is 4. The van der Waals surface area contributed by atoms with Gasteiger partial charge in [-0.3, -0.25) is 4.79 Å². The van der Waals surface area contributed by atoms with Crippen molar-refractivity contribution in [3.8, 4) is 34.1 Å². The van der Waals surface area contributed by atoms with Gasteiger partial charge in [-0.1, -0.05) is 18.2 Å². The van der Waals surface area contributed by atoms with Crippen molar-refractivity contribution >= 4 is 27.8 Å². The summed E-state index contributed by atoms with van der Waals surface area (Å²) in [5, 5.41) is 11.0. The van der Waals surface area contributed by atoms with E-state index in [1.54, 1.807) is 14.2 Å². The van der Waals surface area contributed by atoms with Crippen molar-refractivity contribution in [3.63, 3.8) is 0 Å². The van der Waals surface area contributed by atoms with Crippen LogP contribution in [-0.4, -0.2) is 62.9 Å². The molecule has 2 bridgehead atoms. The number of hydrogen-bond donors (Lipinski definition) is 2. The molecule has 3 aromatic carbocycles. The Labute approximate surface area is 262 Å². The zero-order valence-corrected chi connectivity index (χ0v) is 26.0. The number of likely N-dealkylation sites (tertiary alicyclic amines) is 1. The number of imidazole rings is 1. The highest BCUT2D eigenvalue weighted by Crippen LogP contribution is 2.41. The highest BCUT2D eigenvalue weighted by atomic mass is 16.5. The lowest BCUT2D eigenvalue weighted by Gasteiger charge is -2.27. The molecule has 232 valence electrons. The number of nitrogens with zero attached hydrogens (tertiary/aromatic N) is 4. The first-order chi connectivity index (χ1) is 21.9. The van der Waals surface area contributed by atoms with E-state index >= 15 is 0 Å². The number of aromatic nitrogens is 3. The minimum absolute atomic E-state index is 0.00307.